The molecular formula is C20H16O3. The van der Waals surface area contributed by atoms with Gasteiger partial charge in [-0.3, -0.25) is 9.59 Å². The predicted molar refractivity (Wildman–Crippen MR) is 88.3 cm³/mol. The molecule has 0 fully saturated rings. The smallest absolute Gasteiger partial charge is 0.189 e. The average molecular weight is 304 g/mol. The van der Waals surface area contributed by atoms with Crippen molar-refractivity contribution < 1.29 is 14.3 Å². The highest BCUT2D eigenvalue weighted by Gasteiger charge is 2.29. The van der Waals surface area contributed by atoms with Crippen molar-refractivity contribution in [3.05, 3.63) is 64.2 Å². The topological polar surface area (TPSA) is 43.4 Å². The quantitative estimate of drug-likeness (QED) is 0.805. The zero-order chi connectivity index (χ0) is 16.1. The molecule has 0 aliphatic heterocycles. The van der Waals surface area contributed by atoms with Crippen LogP contribution in [0.5, 0.6) is 5.75 Å². The molecule has 0 radical (unpaired) electrons. The summed E-state index contributed by atoms with van der Waals surface area (Å²) in [6.45, 7) is 1.71. The monoisotopic (exact) mass is 304 g/mol. The minimum Gasteiger partial charge on any atom is -0.497 e. The molecule has 0 heterocycles. The van der Waals surface area contributed by atoms with Crippen molar-refractivity contribution in [3.63, 3.8) is 0 Å². The van der Waals surface area contributed by atoms with Gasteiger partial charge in [0, 0.05) is 16.7 Å². The lowest BCUT2D eigenvalue weighted by Gasteiger charge is -2.25. The minimum absolute atomic E-state index is 0.0200. The van der Waals surface area contributed by atoms with Gasteiger partial charge in [0.2, 0.25) is 0 Å². The van der Waals surface area contributed by atoms with Crippen molar-refractivity contribution in [3.8, 4) is 16.9 Å². The average Bonchev–Trinajstić information content (AvgIpc) is 2.58. The molecule has 0 saturated heterocycles. The Bertz CT molecular complexity index is 903. The highest BCUT2D eigenvalue weighted by molar-refractivity contribution is 6.25. The molecule has 114 valence electrons. The summed E-state index contributed by atoms with van der Waals surface area (Å²) in [5.74, 6) is 0.754. The standard InChI is InChI=1S/C20H16O3/c1-11-9-18(21)17-8-7-15-14-6-4-13(23-2)10-12(14)3-5-16(15)19(17)20(11)22/h4,6-10H,3,5H2,1-2H3. The van der Waals surface area contributed by atoms with E-state index in [2.05, 4.69) is 6.07 Å². The first-order valence-electron chi connectivity index (χ1n) is 7.70. The van der Waals surface area contributed by atoms with Crippen LogP contribution in [0.15, 0.2) is 42.0 Å². The zero-order valence-electron chi connectivity index (χ0n) is 13.1. The SMILES string of the molecule is COc1ccc2c(c1)CCc1c-2ccc2c1C(=O)C(C)=CC2=O. The molecule has 2 aliphatic carbocycles. The second-order valence-corrected chi connectivity index (χ2v) is 6.06. The van der Waals surface area contributed by atoms with Gasteiger partial charge < -0.3 is 4.74 Å². The molecule has 0 N–H and O–H groups in total. The molecule has 0 spiro atoms. The molecule has 0 unspecified atom stereocenters. The van der Waals surface area contributed by atoms with Gasteiger partial charge in [-0.1, -0.05) is 12.1 Å². The third kappa shape index (κ3) is 1.96. The minimum atomic E-state index is -0.0690. The maximum absolute atomic E-state index is 12.6. The normalized spacial score (nSPS) is 15.5. The van der Waals surface area contributed by atoms with Crippen LogP contribution in [0.3, 0.4) is 0 Å². The van der Waals surface area contributed by atoms with E-state index in [1.807, 2.05) is 18.2 Å². The lowest BCUT2D eigenvalue weighted by Crippen LogP contribution is -2.20. The lowest BCUT2D eigenvalue weighted by atomic mass is 9.77. The first kappa shape index (κ1) is 13.9. The van der Waals surface area contributed by atoms with Crippen molar-refractivity contribution in [1.82, 2.24) is 0 Å². The van der Waals surface area contributed by atoms with Gasteiger partial charge in [0.15, 0.2) is 11.6 Å². The third-order valence-electron chi connectivity index (χ3n) is 4.76. The molecule has 2 aromatic carbocycles. The van der Waals surface area contributed by atoms with Gasteiger partial charge in [-0.15, -0.1) is 0 Å². The number of carbonyl (C=O) groups excluding carboxylic acids is 2. The summed E-state index contributed by atoms with van der Waals surface area (Å²) in [7, 11) is 1.66. The van der Waals surface area contributed by atoms with E-state index < -0.39 is 0 Å². The fourth-order valence-corrected chi connectivity index (χ4v) is 3.59. The molecule has 0 aromatic heterocycles. The second-order valence-electron chi connectivity index (χ2n) is 6.06. The third-order valence-corrected chi connectivity index (χ3v) is 4.76. The second kappa shape index (κ2) is 4.92. The Morgan fingerprint density at radius 1 is 0.957 bits per heavy atom. The fraction of sp³-hybridized carbons (Fsp3) is 0.200. The van der Waals surface area contributed by atoms with E-state index in [9.17, 15) is 9.59 Å². The van der Waals surface area contributed by atoms with Crippen LogP contribution >= 0.6 is 0 Å². The van der Waals surface area contributed by atoms with Crippen molar-refractivity contribution >= 4 is 11.6 Å². The van der Waals surface area contributed by atoms with Crippen LogP contribution in [-0.4, -0.2) is 18.7 Å². The number of carbonyl (C=O) groups is 2. The summed E-state index contributed by atoms with van der Waals surface area (Å²) >= 11 is 0. The Hall–Kier alpha value is -2.68. The van der Waals surface area contributed by atoms with Crippen LogP contribution in [0.2, 0.25) is 0 Å². The number of Topliss-reactive ketones (excluding diaryl/α,β-unsaturated/α-hetero) is 1. The first-order chi connectivity index (χ1) is 11.1. The Kier molecular flexibility index (Phi) is 2.98. The number of rotatable bonds is 1. The number of benzene rings is 2. The fourth-order valence-electron chi connectivity index (χ4n) is 3.59. The molecule has 3 nitrogen and oxygen atoms in total. The lowest BCUT2D eigenvalue weighted by molar-refractivity contribution is 0.0983. The summed E-state index contributed by atoms with van der Waals surface area (Å²) in [4.78, 5) is 24.8. The number of ether oxygens (including phenoxy) is 1. The number of ketones is 2. The molecule has 2 aromatic rings. The summed E-state index contributed by atoms with van der Waals surface area (Å²) < 4.78 is 5.30. The van der Waals surface area contributed by atoms with Crippen molar-refractivity contribution in [2.45, 2.75) is 19.8 Å². The maximum Gasteiger partial charge on any atom is 0.189 e. The van der Waals surface area contributed by atoms with Crippen molar-refractivity contribution in [2.75, 3.05) is 7.11 Å². The molecule has 0 atom stereocenters. The van der Waals surface area contributed by atoms with E-state index in [1.165, 1.54) is 11.6 Å². The number of hydrogen-bond acceptors (Lipinski definition) is 3. The Balaban J connectivity index is 1.96. The van der Waals surface area contributed by atoms with Gasteiger partial charge in [-0.05, 0) is 66.3 Å². The Labute approximate surface area is 134 Å². The molecule has 4 rings (SSSR count). The highest BCUT2D eigenvalue weighted by atomic mass is 16.5. The maximum atomic E-state index is 12.6. The van der Waals surface area contributed by atoms with Gasteiger partial charge in [0.25, 0.3) is 0 Å². The van der Waals surface area contributed by atoms with Crippen LogP contribution in [0.25, 0.3) is 11.1 Å². The molecule has 3 heteroatoms. The number of aryl methyl sites for hydroxylation is 1. The summed E-state index contributed by atoms with van der Waals surface area (Å²) in [6.07, 6.45) is 3.06. The number of allylic oxidation sites excluding steroid dienone is 2. The summed E-state index contributed by atoms with van der Waals surface area (Å²) in [5.41, 5.74) is 6.08. The summed E-state index contributed by atoms with van der Waals surface area (Å²) in [5, 5.41) is 0. The molecule has 0 amide bonds. The van der Waals surface area contributed by atoms with Gasteiger partial charge in [0.1, 0.15) is 5.75 Å². The largest absolute Gasteiger partial charge is 0.497 e. The van der Waals surface area contributed by atoms with Gasteiger partial charge in [0.05, 0.1) is 7.11 Å². The van der Waals surface area contributed by atoms with Gasteiger partial charge in [-0.25, -0.2) is 0 Å². The molecule has 2 aliphatic rings. The van der Waals surface area contributed by atoms with Crippen LogP contribution < -0.4 is 4.74 Å². The van der Waals surface area contributed by atoms with Crippen LogP contribution in [0, 0.1) is 0 Å². The van der Waals surface area contributed by atoms with Crippen LogP contribution in [-0.2, 0) is 12.8 Å². The van der Waals surface area contributed by atoms with E-state index >= 15 is 0 Å². The van der Waals surface area contributed by atoms with E-state index in [-0.39, 0.29) is 11.6 Å². The molecule has 0 bridgehead atoms. The van der Waals surface area contributed by atoms with E-state index in [0.717, 1.165) is 35.3 Å². The van der Waals surface area contributed by atoms with E-state index in [1.54, 1.807) is 20.1 Å². The number of hydrogen-bond donors (Lipinski definition) is 0. The Morgan fingerprint density at radius 2 is 1.70 bits per heavy atom. The Morgan fingerprint density at radius 3 is 2.48 bits per heavy atom. The van der Waals surface area contributed by atoms with E-state index in [4.69, 9.17) is 4.74 Å². The van der Waals surface area contributed by atoms with E-state index in [0.29, 0.717) is 16.7 Å². The predicted octanol–water partition coefficient (Wildman–Crippen LogP) is 3.79. The molecule has 0 saturated carbocycles. The van der Waals surface area contributed by atoms with Crippen molar-refractivity contribution in [2.24, 2.45) is 0 Å². The molecular weight excluding hydrogens is 288 g/mol. The first-order valence-corrected chi connectivity index (χ1v) is 7.70. The van der Waals surface area contributed by atoms with Crippen molar-refractivity contribution in [1.29, 1.82) is 0 Å². The zero-order valence-corrected chi connectivity index (χ0v) is 13.1. The van der Waals surface area contributed by atoms with Gasteiger partial charge >= 0.3 is 0 Å². The van der Waals surface area contributed by atoms with Crippen LogP contribution in [0.4, 0.5) is 0 Å². The van der Waals surface area contributed by atoms with Gasteiger partial charge in [-0.2, -0.15) is 0 Å². The summed E-state index contributed by atoms with van der Waals surface area (Å²) in [6, 6.07) is 9.78. The highest BCUT2D eigenvalue weighted by Crippen LogP contribution is 2.39. The number of fused-ring (bicyclic) bond motifs is 5. The molecule has 23 heavy (non-hydrogen) atoms. The number of methoxy groups -OCH3 is 1. The van der Waals surface area contributed by atoms with Crippen LogP contribution in [0.1, 0.15) is 38.8 Å².